The van der Waals surface area contributed by atoms with E-state index in [0.717, 1.165) is 28.3 Å². The highest BCUT2D eigenvalue weighted by molar-refractivity contribution is 5.78. The van der Waals surface area contributed by atoms with E-state index in [4.69, 9.17) is 4.11 Å². The van der Waals surface area contributed by atoms with Gasteiger partial charge < -0.3 is 9.47 Å². The molecule has 5 nitrogen and oxygen atoms in total. The van der Waals surface area contributed by atoms with E-state index >= 15 is 0 Å². The number of aryl methyl sites for hydroxylation is 1. The Kier molecular flexibility index (Phi) is 2.21. The Bertz CT molecular complexity index is 1100. The van der Waals surface area contributed by atoms with Gasteiger partial charge in [0, 0.05) is 52.3 Å². The Hall–Kier alpha value is -2.69. The van der Waals surface area contributed by atoms with E-state index in [1.165, 1.54) is 0 Å². The average molecular weight is 334 g/mol. The summed E-state index contributed by atoms with van der Waals surface area (Å²) < 4.78 is 26.9. The number of fused-ring (bicyclic) bond motifs is 4. The van der Waals surface area contributed by atoms with Gasteiger partial charge in [0.2, 0.25) is 0 Å². The van der Waals surface area contributed by atoms with Crippen molar-refractivity contribution in [2.75, 3.05) is 4.90 Å². The molecular formula is C20H21N5. The van der Waals surface area contributed by atoms with Gasteiger partial charge in [0.1, 0.15) is 5.82 Å². The lowest BCUT2D eigenvalue weighted by atomic mass is 9.84. The van der Waals surface area contributed by atoms with Crippen LogP contribution in [0, 0.1) is 6.92 Å². The van der Waals surface area contributed by atoms with Crippen LogP contribution in [0.2, 0.25) is 0 Å². The number of rotatable bonds is 1. The van der Waals surface area contributed by atoms with Crippen molar-refractivity contribution in [3.63, 3.8) is 0 Å². The molecule has 2 unspecified atom stereocenters. The molecule has 2 aromatic heterocycles. The first kappa shape index (κ1) is 11.8. The van der Waals surface area contributed by atoms with E-state index in [2.05, 4.69) is 43.5 Å². The summed E-state index contributed by atoms with van der Waals surface area (Å²) in [5, 5.41) is 0. The Labute approximate surface area is 151 Å². The number of benzene rings is 1. The van der Waals surface area contributed by atoms with Crippen molar-refractivity contribution in [3.8, 4) is 5.69 Å². The van der Waals surface area contributed by atoms with Crippen molar-refractivity contribution in [1.82, 2.24) is 19.5 Å². The SMILES string of the molecule is [2H]C([2H])([2H])C1(C)c2nccnc2N(c2c(C)ccc3c2Cc2nccn2-3)C1C. The van der Waals surface area contributed by atoms with Gasteiger partial charge in [-0.2, -0.15) is 0 Å². The number of imidazole rings is 1. The van der Waals surface area contributed by atoms with Gasteiger partial charge in [0.15, 0.2) is 5.82 Å². The minimum Gasteiger partial charge on any atom is -0.321 e. The normalized spacial score (nSPS) is 25.8. The number of aromatic nitrogens is 4. The maximum Gasteiger partial charge on any atom is 0.155 e. The highest BCUT2D eigenvalue weighted by atomic mass is 15.3. The van der Waals surface area contributed by atoms with Crippen LogP contribution in [-0.4, -0.2) is 25.6 Å². The quantitative estimate of drug-likeness (QED) is 0.532. The predicted octanol–water partition coefficient (Wildman–Crippen LogP) is 3.69. The van der Waals surface area contributed by atoms with Gasteiger partial charge in [-0.05, 0) is 25.5 Å². The third-order valence-electron chi connectivity index (χ3n) is 5.63. The number of nitrogens with zero attached hydrogens (tertiary/aromatic N) is 5. The largest absolute Gasteiger partial charge is 0.321 e. The van der Waals surface area contributed by atoms with Gasteiger partial charge in [0.25, 0.3) is 0 Å². The zero-order valence-corrected chi connectivity index (χ0v) is 14.5. The first-order valence-electron chi connectivity index (χ1n) is 10.0. The van der Waals surface area contributed by atoms with Crippen LogP contribution < -0.4 is 4.90 Å². The Morgan fingerprint density at radius 3 is 2.88 bits per heavy atom. The molecule has 25 heavy (non-hydrogen) atoms. The third kappa shape index (κ3) is 1.75. The average Bonchev–Trinajstić information content (AvgIpc) is 3.28. The summed E-state index contributed by atoms with van der Waals surface area (Å²) >= 11 is 0. The van der Waals surface area contributed by atoms with Crippen LogP contribution in [0.5, 0.6) is 0 Å². The molecule has 0 amide bonds. The van der Waals surface area contributed by atoms with Crippen LogP contribution in [0.1, 0.15) is 47.5 Å². The molecular weight excluding hydrogens is 310 g/mol. The van der Waals surface area contributed by atoms with Crippen molar-refractivity contribution in [2.24, 2.45) is 0 Å². The molecule has 0 radical (unpaired) electrons. The summed E-state index contributed by atoms with van der Waals surface area (Å²) in [5.41, 5.74) is 3.77. The first-order chi connectivity index (χ1) is 13.2. The molecule has 0 spiro atoms. The first-order valence-corrected chi connectivity index (χ1v) is 8.51. The predicted molar refractivity (Wildman–Crippen MR) is 97.8 cm³/mol. The monoisotopic (exact) mass is 334 g/mol. The van der Waals surface area contributed by atoms with Crippen LogP contribution in [0.15, 0.2) is 36.9 Å². The Morgan fingerprint density at radius 2 is 2.04 bits per heavy atom. The van der Waals surface area contributed by atoms with Crippen molar-refractivity contribution < 1.29 is 4.11 Å². The van der Waals surface area contributed by atoms with E-state index < -0.39 is 12.3 Å². The molecule has 3 aromatic rings. The van der Waals surface area contributed by atoms with Crippen molar-refractivity contribution in [2.45, 2.75) is 45.5 Å². The third-order valence-corrected chi connectivity index (χ3v) is 5.63. The minimum absolute atomic E-state index is 0.324. The fourth-order valence-electron chi connectivity index (χ4n) is 4.13. The highest BCUT2D eigenvalue weighted by Crippen LogP contribution is 2.49. The fraction of sp³-hybridized carbons (Fsp3) is 0.350. The maximum absolute atomic E-state index is 8.25. The number of anilines is 2. The molecule has 0 aliphatic carbocycles. The second-order valence-corrected chi connectivity index (χ2v) is 7.10. The topological polar surface area (TPSA) is 46.8 Å². The van der Waals surface area contributed by atoms with Crippen LogP contribution in [0.4, 0.5) is 11.5 Å². The second kappa shape index (κ2) is 4.69. The molecule has 0 N–H and O–H groups in total. The Morgan fingerprint density at radius 1 is 1.20 bits per heavy atom. The van der Waals surface area contributed by atoms with Gasteiger partial charge in [0.05, 0.1) is 17.1 Å². The van der Waals surface area contributed by atoms with Gasteiger partial charge in [-0.1, -0.05) is 19.8 Å². The van der Waals surface area contributed by atoms with Crippen molar-refractivity contribution in [3.05, 3.63) is 59.6 Å². The maximum atomic E-state index is 8.25. The van der Waals surface area contributed by atoms with Crippen LogP contribution in [0.25, 0.3) is 5.69 Å². The molecule has 2 aliphatic heterocycles. The molecule has 0 bridgehead atoms. The number of hydrogen-bond acceptors (Lipinski definition) is 4. The lowest BCUT2D eigenvalue weighted by Crippen LogP contribution is -2.37. The zero-order chi connectivity index (χ0) is 19.8. The summed E-state index contributed by atoms with van der Waals surface area (Å²) in [7, 11) is 0. The van der Waals surface area contributed by atoms with Crippen molar-refractivity contribution in [1.29, 1.82) is 0 Å². The lowest BCUT2D eigenvalue weighted by Gasteiger charge is -2.32. The molecule has 126 valence electrons. The summed E-state index contributed by atoms with van der Waals surface area (Å²) in [6.45, 7) is 3.60. The van der Waals surface area contributed by atoms with Gasteiger partial charge in [-0.25, -0.2) is 9.97 Å². The Balaban J connectivity index is 1.77. The van der Waals surface area contributed by atoms with Crippen LogP contribution in [-0.2, 0) is 11.8 Å². The van der Waals surface area contributed by atoms with Gasteiger partial charge in [-0.3, -0.25) is 4.98 Å². The molecule has 0 saturated carbocycles. The smallest absolute Gasteiger partial charge is 0.155 e. The molecule has 2 atom stereocenters. The molecule has 4 heterocycles. The van der Waals surface area contributed by atoms with E-state index in [9.17, 15) is 0 Å². The standard InChI is InChI=1S/C20H21N5/c1-12-5-6-15-14(11-16-21-9-10-24(15)16)17(12)25-13(2)20(3,4)18-19(25)23-8-7-22-18/h5-10,13H,11H2,1-4H3/i3D3. The van der Waals surface area contributed by atoms with E-state index in [-0.39, 0.29) is 6.04 Å². The summed E-state index contributed by atoms with van der Waals surface area (Å²) in [6, 6.07) is 3.86. The number of hydrogen-bond donors (Lipinski definition) is 0. The van der Waals surface area contributed by atoms with Crippen LogP contribution in [0.3, 0.4) is 0 Å². The highest BCUT2D eigenvalue weighted by Gasteiger charge is 2.46. The second-order valence-electron chi connectivity index (χ2n) is 7.10. The van der Waals surface area contributed by atoms with Crippen LogP contribution >= 0.6 is 0 Å². The molecule has 1 aromatic carbocycles. The molecule has 5 heteroatoms. The minimum atomic E-state index is -2.20. The van der Waals surface area contributed by atoms with E-state index in [0.29, 0.717) is 17.9 Å². The zero-order valence-electron chi connectivity index (χ0n) is 17.5. The summed E-state index contributed by atoms with van der Waals surface area (Å²) in [6.07, 6.45) is 7.70. The fourth-order valence-corrected chi connectivity index (χ4v) is 4.13. The van der Waals surface area contributed by atoms with E-state index in [1.807, 2.05) is 19.3 Å². The molecule has 0 fully saturated rings. The lowest BCUT2D eigenvalue weighted by molar-refractivity contribution is 0.452. The summed E-state index contributed by atoms with van der Waals surface area (Å²) in [5.74, 6) is 1.63. The molecule has 5 rings (SSSR count). The van der Waals surface area contributed by atoms with Crippen molar-refractivity contribution >= 4 is 11.5 Å². The summed E-state index contributed by atoms with van der Waals surface area (Å²) in [4.78, 5) is 15.6. The van der Waals surface area contributed by atoms with Gasteiger partial charge >= 0.3 is 0 Å². The van der Waals surface area contributed by atoms with E-state index in [1.54, 1.807) is 19.3 Å². The molecule has 0 saturated heterocycles. The van der Waals surface area contributed by atoms with Gasteiger partial charge in [-0.15, -0.1) is 0 Å². The molecule has 2 aliphatic rings.